The molecule has 0 aliphatic heterocycles. The molecule has 1 aromatic carbocycles. The molecule has 20 heavy (non-hydrogen) atoms. The molecule has 0 atom stereocenters. The van der Waals surface area contributed by atoms with Gasteiger partial charge in [0.2, 0.25) is 0 Å². The molecule has 0 saturated carbocycles. The van der Waals surface area contributed by atoms with E-state index in [4.69, 9.17) is 5.73 Å². The summed E-state index contributed by atoms with van der Waals surface area (Å²) in [6, 6.07) is 9.74. The molecule has 0 radical (unpaired) electrons. The molecule has 0 spiro atoms. The quantitative estimate of drug-likeness (QED) is 0.913. The van der Waals surface area contributed by atoms with Crippen molar-refractivity contribution in [1.82, 2.24) is 9.78 Å². The van der Waals surface area contributed by atoms with Crippen molar-refractivity contribution in [3.63, 3.8) is 0 Å². The van der Waals surface area contributed by atoms with E-state index in [0.29, 0.717) is 5.82 Å². The molecule has 0 amide bonds. The van der Waals surface area contributed by atoms with Gasteiger partial charge >= 0.3 is 0 Å². The van der Waals surface area contributed by atoms with Crippen LogP contribution in [0, 0.1) is 6.92 Å². The SMILES string of the molecule is CCS(=O)(=O)CCn1nc(C)c(-c2ccccc2)c1N. The minimum atomic E-state index is -3.02. The number of anilines is 1. The topological polar surface area (TPSA) is 78.0 Å². The lowest BCUT2D eigenvalue weighted by atomic mass is 10.1. The summed E-state index contributed by atoms with van der Waals surface area (Å²) in [5.41, 5.74) is 8.79. The molecule has 0 unspecified atom stereocenters. The third kappa shape index (κ3) is 3.01. The first kappa shape index (κ1) is 14.6. The Bertz CT molecular complexity index is 691. The number of hydrogen-bond acceptors (Lipinski definition) is 4. The lowest BCUT2D eigenvalue weighted by molar-refractivity contribution is 0.582. The second-order valence-electron chi connectivity index (χ2n) is 4.67. The summed E-state index contributed by atoms with van der Waals surface area (Å²) in [5, 5.41) is 4.35. The average molecular weight is 293 g/mol. The van der Waals surface area contributed by atoms with Gasteiger partial charge in [-0.2, -0.15) is 5.10 Å². The summed E-state index contributed by atoms with van der Waals surface area (Å²) >= 11 is 0. The molecule has 0 bridgehead atoms. The minimum Gasteiger partial charge on any atom is -0.383 e. The van der Waals surface area contributed by atoms with Gasteiger partial charge in [0.1, 0.15) is 5.82 Å². The van der Waals surface area contributed by atoms with E-state index in [9.17, 15) is 8.42 Å². The number of hydrogen-bond donors (Lipinski definition) is 1. The molecule has 2 aromatic rings. The Morgan fingerprint density at radius 1 is 1.25 bits per heavy atom. The van der Waals surface area contributed by atoms with Crippen LogP contribution in [0.5, 0.6) is 0 Å². The summed E-state index contributed by atoms with van der Waals surface area (Å²) in [5.74, 6) is 0.710. The fourth-order valence-corrected chi connectivity index (χ4v) is 2.84. The number of nitrogen functional groups attached to an aromatic ring is 1. The molecule has 108 valence electrons. The predicted molar refractivity (Wildman–Crippen MR) is 81.1 cm³/mol. The van der Waals surface area contributed by atoms with Crippen molar-refractivity contribution in [1.29, 1.82) is 0 Å². The van der Waals surface area contributed by atoms with Gasteiger partial charge in [0.15, 0.2) is 9.84 Å². The number of benzene rings is 1. The fourth-order valence-electron chi connectivity index (χ4n) is 2.10. The van der Waals surface area contributed by atoms with Gasteiger partial charge in [0.25, 0.3) is 0 Å². The van der Waals surface area contributed by atoms with Crippen LogP contribution in [0.15, 0.2) is 30.3 Å². The number of rotatable bonds is 5. The van der Waals surface area contributed by atoms with Crippen molar-refractivity contribution >= 4 is 15.7 Å². The molecule has 0 saturated heterocycles. The molecule has 0 aliphatic carbocycles. The number of nitrogens with zero attached hydrogens (tertiary/aromatic N) is 2. The molecule has 0 aliphatic rings. The summed E-state index contributed by atoms with van der Waals surface area (Å²) in [7, 11) is -3.02. The maximum absolute atomic E-state index is 11.6. The predicted octanol–water partition coefficient (Wildman–Crippen LogP) is 1.88. The van der Waals surface area contributed by atoms with Crippen LogP contribution in [0.25, 0.3) is 11.1 Å². The molecular weight excluding hydrogens is 274 g/mol. The van der Waals surface area contributed by atoms with Gasteiger partial charge in [-0.3, -0.25) is 0 Å². The van der Waals surface area contributed by atoms with Crippen molar-refractivity contribution in [3.8, 4) is 11.1 Å². The maximum atomic E-state index is 11.6. The molecule has 6 heteroatoms. The normalized spacial score (nSPS) is 11.7. The summed E-state index contributed by atoms with van der Waals surface area (Å²) in [6.07, 6.45) is 0. The highest BCUT2D eigenvalue weighted by molar-refractivity contribution is 7.91. The molecule has 1 aromatic heterocycles. The molecular formula is C14H19N3O2S. The Labute approximate surface area is 119 Å². The Kier molecular flexibility index (Phi) is 4.13. The van der Waals surface area contributed by atoms with Crippen LogP contribution in [-0.4, -0.2) is 29.7 Å². The van der Waals surface area contributed by atoms with E-state index in [-0.39, 0.29) is 18.1 Å². The lowest BCUT2D eigenvalue weighted by Gasteiger charge is -2.05. The van der Waals surface area contributed by atoms with E-state index < -0.39 is 9.84 Å². The van der Waals surface area contributed by atoms with Crippen molar-refractivity contribution < 1.29 is 8.42 Å². The summed E-state index contributed by atoms with van der Waals surface area (Å²) in [6.45, 7) is 3.81. The van der Waals surface area contributed by atoms with Crippen LogP contribution in [0.2, 0.25) is 0 Å². The van der Waals surface area contributed by atoms with Crippen molar-refractivity contribution in [2.24, 2.45) is 0 Å². The van der Waals surface area contributed by atoms with Gasteiger partial charge < -0.3 is 5.73 Å². The standard InChI is InChI=1S/C14H19N3O2S/c1-3-20(18,19)10-9-17-14(15)13(11(2)16-17)12-7-5-4-6-8-12/h4-8H,3,9-10,15H2,1-2H3. The average Bonchev–Trinajstić information content (AvgIpc) is 2.72. The second-order valence-corrected chi connectivity index (χ2v) is 7.14. The highest BCUT2D eigenvalue weighted by atomic mass is 32.2. The first-order valence-corrected chi connectivity index (χ1v) is 8.35. The third-order valence-electron chi connectivity index (χ3n) is 3.28. The first-order chi connectivity index (χ1) is 9.44. The van der Waals surface area contributed by atoms with Crippen LogP contribution in [0.1, 0.15) is 12.6 Å². The molecule has 2 N–H and O–H groups in total. The highest BCUT2D eigenvalue weighted by Crippen LogP contribution is 2.28. The lowest BCUT2D eigenvalue weighted by Crippen LogP contribution is -2.16. The van der Waals surface area contributed by atoms with Crippen LogP contribution in [0.3, 0.4) is 0 Å². The zero-order chi connectivity index (χ0) is 14.8. The molecule has 5 nitrogen and oxygen atoms in total. The van der Waals surface area contributed by atoms with Gasteiger partial charge in [-0.25, -0.2) is 13.1 Å². The van der Waals surface area contributed by atoms with Gasteiger partial charge in [-0.1, -0.05) is 37.3 Å². The van der Waals surface area contributed by atoms with E-state index in [1.165, 1.54) is 0 Å². The smallest absolute Gasteiger partial charge is 0.151 e. The van der Waals surface area contributed by atoms with Crippen LogP contribution in [-0.2, 0) is 16.4 Å². The zero-order valence-corrected chi connectivity index (χ0v) is 12.5. The van der Waals surface area contributed by atoms with Crippen molar-refractivity contribution in [2.45, 2.75) is 20.4 Å². The first-order valence-electron chi connectivity index (χ1n) is 6.53. The zero-order valence-electron chi connectivity index (χ0n) is 11.7. The fraction of sp³-hybridized carbons (Fsp3) is 0.357. The summed E-state index contributed by atoms with van der Waals surface area (Å²) in [4.78, 5) is 0. The number of aryl methyl sites for hydroxylation is 2. The number of nitrogens with two attached hydrogens (primary N) is 1. The third-order valence-corrected chi connectivity index (χ3v) is 4.97. The maximum Gasteiger partial charge on any atom is 0.151 e. The van der Waals surface area contributed by atoms with Crippen LogP contribution in [0.4, 0.5) is 5.82 Å². The Morgan fingerprint density at radius 2 is 1.90 bits per heavy atom. The van der Waals surface area contributed by atoms with E-state index >= 15 is 0 Å². The van der Waals surface area contributed by atoms with Gasteiger partial charge in [-0.15, -0.1) is 0 Å². The van der Waals surface area contributed by atoms with E-state index in [0.717, 1.165) is 16.8 Å². The van der Waals surface area contributed by atoms with E-state index in [1.807, 2.05) is 37.3 Å². The largest absolute Gasteiger partial charge is 0.383 e. The van der Waals surface area contributed by atoms with Crippen molar-refractivity contribution in [3.05, 3.63) is 36.0 Å². The van der Waals surface area contributed by atoms with Crippen LogP contribution >= 0.6 is 0 Å². The second kappa shape index (κ2) is 5.66. The van der Waals surface area contributed by atoms with Gasteiger partial charge in [-0.05, 0) is 12.5 Å². The highest BCUT2D eigenvalue weighted by Gasteiger charge is 2.16. The van der Waals surface area contributed by atoms with Crippen molar-refractivity contribution in [2.75, 3.05) is 17.2 Å². The Balaban J connectivity index is 2.31. The number of sulfone groups is 1. The molecule has 2 rings (SSSR count). The van der Waals surface area contributed by atoms with Gasteiger partial charge in [0.05, 0.1) is 18.0 Å². The molecule has 1 heterocycles. The van der Waals surface area contributed by atoms with E-state index in [2.05, 4.69) is 5.10 Å². The van der Waals surface area contributed by atoms with Crippen LogP contribution < -0.4 is 5.73 Å². The summed E-state index contributed by atoms with van der Waals surface area (Å²) < 4.78 is 24.7. The monoisotopic (exact) mass is 293 g/mol. The molecule has 0 fully saturated rings. The number of aromatic nitrogens is 2. The van der Waals surface area contributed by atoms with E-state index in [1.54, 1.807) is 11.6 Å². The Morgan fingerprint density at radius 3 is 2.50 bits per heavy atom. The van der Waals surface area contributed by atoms with Gasteiger partial charge in [0, 0.05) is 11.3 Å². The minimum absolute atomic E-state index is 0.0586. The Hall–Kier alpha value is -1.82.